The van der Waals surface area contributed by atoms with Gasteiger partial charge in [-0.15, -0.1) is 13.2 Å². The highest BCUT2D eigenvalue weighted by molar-refractivity contribution is 7.01. The van der Waals surface area contributed by atoms with E-state index < -0.39 is 16.1 Å². The van der Waals surface area contributed by atoms with Gasteiger partial charge < -0.3 is 0 Å². The van der Waals surface area contributed by atoms with Crippen molar-refractivity contribution in [2.45, 2.75) is 42.9 Å². The zero-order valence-electron chi connectivity index (χ0n) is 11.8. The molecule has 0 unspecified atom stereocenters. The molecule has 0 nitrogen and oxygen atoms in total. The first-order valence-corrected chi connectivity index (χ1v) is 12.8. The predicted octanol–water partition coefficient (Wildman–Crippen LogP) is 5.18. The van der Waals surface area contributed by atoms with Gasteiger partial charge in [0, 0.05) is 0 Å². The third-order valence-electron chi connectivity index (χ3n) is 4.38. The molecule has 0 N–H and O–H groups in total. The normalized spacial score (nSPS) is 18.4. The summed E-state index contributed by atoms with van der Waals surface area (Å²) in [6.45, 7) is 17.9. The van der Waals surface area contributed by atoms with E-state index in [-0.39, 0.29) is 0 Å². The van der Waals surface area contributed by atoms with E-state index in [1.54, 1.807) is 0 Å². The van der Waals surface area contributed by atoms with Crippen LogP contribution >= 0.6 is 0 Å². The first-order chi connectivity index (χ1) is 7.83. The van der Waals surface area contributed by atoms with E-state index in [2.05, 4.69) is 75.8 Å². The van der Waals surface area contributed by atoms with Gasteiger partial charge in [-0.1, -0.05) is 62.6 Å². The van der Waals surface area contributed by atoms with Crippen molar-refractivity contribution in [3.8, 4) is 0 Å². The minimum atomic E-state index is -1.37. The SMILES string of the molecule is C=CC[Si](C)(C)C1([Si](C)(C)CC=C)C=CC=C1. The Kier molecular flexibility index (Phi) is 4.21. The summed E-state index contributed by atoms with van der Waals surface area (Å²) in [5, 5.41) is 0. The highest BCUT2D eigenvalue weighted by Crippen LogP contribution is 2.54. The van der Waals surface area contributed by atoms with Crippen LogP contribution in [0.5, 0.6) is 0 Å². The summed E-state index contributed by atoms with van der Waals surface area (Å²) in [4.78, 5) is 0. The van der Waals surface area contributed by atoms with Gasteiger partial charge in [-0.2, -0.15) is 0 Å². The van der Waals surface area contributed by atoms with Crippen LogP contribution in [-0.2, 0) is 0 Å². The average Bonchev–Trinajstić information content (AvgIpc) is 2.67. The lowest BCUT2D eigenvalue weighted by molar-refractivity contribution is 1.06. The van der Waals surface area contributed by atoms with Gasteiger partial charge in [-0.05, 0) is 16.7 Å². The largest absolute Gasteiger partial charge is 0.103 e. The first-order valence-electron chi connectivity index (χ1n) is 6.42. The maximum atomic E-state index is 3.96. The summed E-state index contributed by atoms with van der Waals surface area (Å²) < 4.78 is 0.363. The van der Waals surface area contributed by atoms with Gasteiger partial charge in [0.1, 0.15) is 0 Å². The topological polar surface area (TPSA) is 0 Å². The quantitative estimate of drug-likeness (QED) is 0.457. The fourth-order valence-corrected chi connectivity index (χ4v) is 15.6. The lowest BCUT2D eigenvalue weighted by atomic mass is 10.4. The molecule has 0 saturated heterocycles. The molecule has 0 bridgehead atoms. The molecule has 1 rings (SSSR count). The monoisotopic (exact) mass is 262 g/mol. The first kappa shape index (κ1) is 14.5. The van der Waals surface area contributed by atoms with Gasteiger partial charge in [0.05, 0.1) is 16.1 Å². The van der Waals surface area contributed by atoms with Crippen molar-refractivity contribution >= 4 is 16.1 Å². The smallest absolute Gasteiger partial charge is 0.0630 e. The van der Waals surface area contributed by atoms with Crippen LogP contribution in [0.25, 0.3) is 0 Å². The van der Waals surface area contributed by atoms with Gasteiger partial charge >= 0.3 is 0 Å². The number of rotatable bonds is 6. The van der Waals surface area contributed by atoms with E-state index in [1.165, 1.54) is 12.1 Å². The molecule has 0 fully saturated rings. The lowest BCUT2D eigenvalue weighted by Gasteiger charge is -2.50. The Balaban J connectivity index is 3.24. The molecule has 0 aromatic heterocycles. The van der Waals surface area contributed by atoms with Gasteiger partial charge in [-0.25, -0.2) is 0 Å². The van der Waals surface area contributed by atoms with Crippen molar-refractivity contribution in [3.05, 3.63) is 49.6 Å². The molecular formula is C15H26Si2. The summed E-state index contributed by atoms with van der Waals surface area (Å²) in [6.07, 6.45) is 13.7. The predicted molar refractivity (Wildman–Crippen MR) is 85.9 cm³/mol. The van der Waals surface area contributed by atoms with Gasteiger partial charge in [-0.3, -0.25) is 0 Å². The van der Waals surface area contributed by atoms with Gasteiger partial charge in [0.15, 0.2) is 0 Å². The molecule has 0 aromatic rings. The molecule has 0 aromatic carbocycles. The molecule has 0 heterocycles. The second-order valence-corrected chi connectivity index (χ2v) is 16.8. The Bertz CT molecular complexity index is 323. The fourth-order valence-electron chi connectivity index (χ4n) is 3.35. The molecule has 0 saturated carbocycles. The molecule has 0 radical (unpaired) electrons. The van der Waals surface area contributed by atoms with Crippen molar-refractivity contribution in [3.63, 3.8) is 0 Å². The fraction of sp³-hybridized carbons (Fsp3) is 0.467. The number of allylic oxidation sites excluding steroid dienone is 6. The second-order valence-electron chi connectivity index (χ2n) is 6.34. The summed E-state index contributed by atoms with van der Waals surface area (Å²) >= 11 is 0. The molecule has 2 heteroatoms. The maximum Gasteiger partial charge on any atom is 0.0630 e. The van der Waals surface area contributed by atoms with Crippen LogP contribution in [0, 0.1) is 0 Å². The van der Waals surface area contributed by atoms with Crippen LogP contribution in [0.4, 0.5) is 0 Å². The second kappa shape index (κ2) is 4.95. The van der Waals surface area contributed by atoms with E-state index >= 15 is 0 Å². The zero-order chi connectivity index (χ0) is 13.2. The molecule has 1 aliphatic rings. The Hall–Kier alpha value is -0.606. The van der Waals surface area contributed by atoms with Crippen molar-refractivity contribution in [2.75, 3.05) is 0 Å². The molecule has 1 aliphatic carbocycles. The Morgan fingerprint density at radius 2 is 1.24 bits per heavy atom. The molecular weight excluding hydrogens is 236 g/mol. The average molecular weight is 263 g/mol. The van der Waals surface area contributed by atoms with E-state index in [1.807, 2.05) is 0 Å². The maximum absolute atomic E-state index is 3.96. The van der Waals surface area contributed by atoms with E-state index in [9.17, 15) is 0 Å². The number of hydrogen-bond acceptors (Lipinski definition) is 0. The Morgan fingerprint density at radius 3 is 1.53 bits per heavy atom. The molecule has 0 atom stereocenters. The zero-order valence-corrected chi connectivity index (χ0v) is 13.8. The summed E-state index contributed by atoms with van der Waals surface area (Å²) in [7, 11) is -2.74. The molecule has 0 amide bonds. The molecule has 0 spiro atoms. The van der Waals surface area contributed by atoms with Crippen molar-refractivity contribution in [1.29, 1.82) is 0 Å². The molecule has 0 aliphatic heterocycles. The third kappa shape index (κ3) is 2.33. The molecule has 94 valence electrons. The van der Waals surface area contributed by atoms with Crippen molar-refractivity contribution in [2.24, 2.45) is 0 Å². The Morgan fingerprint density at radius 1 is 0.882 bits per heavy atom. The highest BCUT2D eigenvalue weighted by Gasteiger charge is 2.53. The van der Waals surface area contributed by atoms with Crippen LogP contribution in [-0.4, -0.2) is 16.1 Å². The van der Waals surface area contributed by atoms with Crippen LogP contribution in [0.15, 0.2) is 49.6 Å². The Labute approximate surface area is 109 Å². The van der Waals surface area contributed by atoms with E-state index in [0.717, 1.165) is 0 Å². The van der Waals surface area contributed by atoms with Crippen LogP contribution in [0.2, 0.25) is 42.9 Å². The standard InChI is InChI=1S/C15H26Si2/c1-7-13-16(3,4)15(11-9-10-12-15)17(5,6)14-8-2/h7-12H,1-2,13-14H2,3-6H3. The van der Waals surface area contributed by atoms with Gasteiger partial charge in [0.25, 0.3) is 0 Å². The van der Waals surface area contributed by atoms with Crippen LogP contribution in [0.3, 0.4) is 0 Å². The summed E-state index contributed by atoms with van der Waals surface area (Å²) in [5.74, 6) is 0. The summed E-state index contributed by atoms with van der Waals surface area (Å²) in [5.41, 5.74) is 0. The van der Waals surface area contributed by atoms with E-state index in [0.29, 0.717) is 4.66 Å². The van der Waals surface area contributed by atoms with E-state index in [4.69, 9.17) is 0 Å². The summed E-state index contributed by atoms with van der Waals surface area (Å²) in [6, 6.07) is 2.38. The number of hydrogen-bond donors (Lipinski definition) is 0. The minimum absolute atomic E-state index is 0.363. The third-order valence-corrected chi connectivity index (χ3v) is 16.2. The lowest BCUT2D eigenvalue weighted by Crippen LogP contribution is -2.54. The van der Waals surface area contributed by atoms with Crippen LogP contribution in [0.1, 0.15) is 0 Å². The van der Waals surface area contributed by atoms with Crippen LogP contribution < -0.4 is 0 Å². The van der Waals surface area contributed by atoms with Crippen molar-refractivity contribution in [1.82, 2.24) is 0 Å². The minimum Gasteiger partial charge on any atom is -0.103 e. The molecule has 17 heavy (non-hydrogen) atoms. The van der Waals surface area contributed by atoms with Gasteiger partial charge in [0.2, 0.25) is 0 Å². The van der Waals surface area contributed by atoms with Crippen molar-refractivity contribution < 1.29 is 0 Å². The highest BCUT2D eigenvalue weighted by atomic mass is 28.4.